The number of hydrogen-bond acceptors (Lipinski definition) is 8. The van der Waals surface area contributed by atoms with Gasteiger partial charge in [-0.2, -0.15) is 0 Å². The molecule has 4 aromatic rings. The number of sulfone groups is 1. The lowest BCUT2D eigenvalue weighted by Gasteiger charge is -2.26. The molecule has 5 rings (SSSR count). The van der Waals surface area contributed by atoms with Crippen LogP contribution in [0.3, 0.4) is 0 Å². The minimum atomic E-state index is -2.84. The third-order valence-electron chi connectivity index (χ3n) is 6.07. The topological polar surface area (TPSA) is 93.0 Å². The standard InChI is InChI=1S/C23H26N6O2S2/c1-24-21-7-4-17(13-25-21)20-6-5-19-18(3-2-8-28-9-11-33(30,31)12-10-28)14-29(23(19)27-20)22-15-32-16-26-22/h4-7,13-16H,2-3,8-12H2,1H3,(H,24,25). The number of hydrogen-bond donors (Lipinski definition) is 1. The Morgan fingerprint density at radius 3 is 2.67 bits per heavy atom. The Balaban J connectivity index is 1.40. The van der Waals surface area contributed by atoms with Gasteiger partial charge in [-0.05, 0) is 49.2 Å². The number of thiazole rings is 1. The molecule has 0 unspecified atom stereocenters. The summed E-state index contributed by atoms with van der Waals surface area (Å²) in [5.41, 5.74) is 5.77. The molecule has 1 saturated heterocycles. The van der Waals surface area contributed by atoms with Gasteiger partial charge in [0, 0.05) is 48.9 Å². The Kier molecular flexibility index (Phi) is 6.13. The van der Waals surface area contributed by atoms with Crippen molar-refractivity contribution in [2.75, 3.05) is 43.5 Å². The minimum Gasteiger partial charge on any atom is -0.373 e. The highest BCUT2D eigenvalue weighted by Crippen LogP contribution is 2.28. The molecule has 0 amide bonds. The summed E-state index contributed by atoms with van der Waals surface area (Å²) >= 11 is 1.56. The van der Waals surface area contributed by atoms with Crippen LogP contribution in [0.25, 0.3) is 28.1 Å². The van der Waals surface area contributed by atoms with E-state index in [9.17, 15) is 8.42 Å². The van der Waals surface area contributed by atoms with Crippen molar-refractivity contribution < 1.29 is 8.42 Å². The lowest BCUT2D eigenvalue weighted by molar-refractivity contribution is 0.292. The van der Waals surface area contributed by atoms with Crippen LogP contribution in [0.1, 0.15) is 12.0 Å². The van der Waals surface area contributed by atoms with Crippen molar-refractivity contribution in [1.29, 1.82) is 0 Å². The summed E-state index contributed by atoms with van der Waals surface area (Å²) in [6.07, 6.45) is 5.83. The van der Waals surface area contributed by atoms with Crippen molar-refractivity contribution in [2.24, 2.45) is 0 Å². The first kappa shape index (κ1) is 22.0. The van der Waals surface area contributed by atoms with Crippen molar-refractivity contribution in [2.45, 2.75) is 12.8 Å². The summed E-state index contributed by atoms with van der Waals surface area (Å²) in [5.74, 6) is 2.23. The zero-order valence-corrected chi connectivity index (χ0v) is 20.1. The molecule has 1 N–H and O–H groups in total. The van der Waals surface area contributed by atoms with E-state index >= 15 is 0 Å². The van der Waals surface area contributed by atoms with Gasteiger partial charge in [0.2, 0.25) is 0 Å². The van der Waals surface area contributed by atoms with Crippen LogP contribution < -0.4 is 5.32 Å². The quantitative estimate of drug-likeness (QED) is 0.432. The van der Waals surface area contributed by atoms with Crippen molar-refractivity contribution in [1.82, 2.24) is 24.4 Å². The van der Waals surface area contributed by atoms with E-state index in [0.717, 1.165) is 53.3 Å². The number of aryl methyl sites for hydroxylation is 1. The second-order valence-electron chi connectivity index (χ2n) is 8.22. The lowest BCUT2D eigenvalue weighted by Crippen LogP contribution is -2.40. The van der Waals surface area contributed by atoms with Crippen LogP contribution in [0, 0.1) is 0 Å². The minimum absolute atomic E-state index is 0.271. The molecule has 1 fully saturated rings. The van der Waals surface area contributed by atoms with E-state index in [-0.39, 0.29) is 11.5 Å². The normalized spacial score (nSPS) is 16.3. The zero-order valence-electron chi connectivity index (χ0n) is 18.4. The highest BCUT2D eigenvalue weighted by atomic mass is 32.2. The molecular weight excluding hydrogens is 456 g/mol. The number of aromatic nitrogens is 4. The van der Waals surface area contributed by atoms with E-state index in [1.54, 1.807) is 11.3 Å². The van der Waals surface area contributed by atoms with E-state index in [0.29, 0.717) is 13.1 Å². The van der Waals surface area contributed by atoms with Crippen LogP contribution in [-0.4, -0.2) is 71.0 Å². The lowest BCUT2D eigenvalue weighted by atomic mass is 10.1. The van der Waals surface area contributed by atoms with Gasteiger partial charge in [-0.25, -0.2) is 23.4 Å². The molecule has 33 heavy (non-hydrogen) atoms. The van der Waals surface area contributed by atoms with Gasteiger partial charge < -0.3 is 10.2 Å². The summed E-state index contributed by atoms with van der Waals surface area (Å²) in [5, 5.41) is 6.18. The van der Waals surface area contributed by atoms with Gasteiger partial charge in [-0.15, -0.1) is 11.3 Å². The highest BCUT2D eigenvalue weighted by Gasteiger charge is 2.21. The Labute approximate surface area is 197 Å². The molecule has 0 bridgehead atoms. The third kappa shape index (κ3) is 4.78. The maximum absolute atomic E-state index is 11.7. The fourth-order valence-electron chi connectivity index (χ4n) is 4.19. The SMILES string of the molecule is CNc1ccc(-c2ccc3c(CCCN4CCS(=O)(=O)CC4)cn(-c4cscn4)c3n2)cn1. The van der Waals surface area contributed by atoms with Gasteiger partial charge in [0.15, 0.2) is 9.84 Å². The third-order valence-corrected chi connectivity index (χ3v) is 8.26. The second-order valence-corrected chi connectivity index (χ2v) is 11.2. The van der Waals surface area contributed by atoms with Crippen molar-refractivity contribution in [3.8, 4) is 17.1 Å². The summed E-state index contributed by atoms with van der Waals surface area (Å²) in [6, 6.07) is 8.14. The van der Waals surface area contributed by atoms with Gasteiger partial charge in [-0.3, -0.25) is 4.57 Å². The molecule has 0 saturated carbocycles. The number of rotatable bonds is 7. The Hall–Kier alpha value is -2.82. The molecule has 1 aliphatic rings. The zero-order chi connectivity index (χ0) is 22.8. The molecule has 10 heteroatoms. The molecule has 172 valence electrons. The fourth-order valence-corrected chi connectivity index (χ4v) is 5.99. The first-order valence-electron chi connectivity index (χ1n) is 11.0. The van der Waals surface area contributed by atoms with Crippen LogP contribution in [0.5, 0.6) is 0 Å². The van der Waals surface area contributed by atoms with Gasteiger partial charge in [0.25, 0.3) is 0 Å². The van der Waals surface area contributed by atoms with Crippen LogP contribution in [0.2, 0.25) is 0 Å². The molecule has 0 aromatic carbocycles. The molecule has 0 radical (unpaired) electrons. The highest BCUT2D eigenvalue weighted by molar-refractivity contribution is 7.91. The smallest absolute Gasteiger partial charge is 0.152 e. The average molecular weight is 483 g/mol. The summed E-state index contributed by atoms with van der Waals surface area (Å²) < 4.78 is 25.4. The fraction of sp³-hybridized carbons (Fsp3) is 0.348. The van der Waals surface area contributed by atoms with Crippen LogP contribution in [0.15, 0.2) is 47.5 Å². The van der Waals surface area contributed by atoms with Crippen molar-refractivity contribution >= 4 is 38.0 Å². The molecule has 0 aliphatic carbocycles. The Morgan fingerprint density at radius 1 is 1.12 bits per heavy atom. The molecule has 0 spiro atoms. The van der Waals surface area contributed by atoms with Crippen molar-refractivity contribution in [3.05, 3.63) is 53.1 Å². The predicted molar refractivity (Wildman–Crippen MR) is 133 cm³/mol. The van der Waals surface area contributed by atoms with Crippen LogP contribution in [-0.2, 0) is 16.3 Å². The number of nitrogens with one attached hydrogen (secondary N) is 1. The van der Waals surface area contributed by atoms with Crippen LogP contribution in [0.4, 0.5) is 5.82 Å². The number of fused-ring (bicyclic) bond motifs is 1. The van der Waals surface area contributed by atoms with Crippen molar-refractivity contribution in [3.63, 3.8) is 0 Å². The molecule has 0 atom stereocenters. The first-order valence-corrected chi connectivity index (χ1v) is 13.8. The van der Waals surface area contributed by atoms with Gasteiger partial charge >= 0.3 is 0 Å². The molecule has 4 aromatic heterocycles. The number of pyridine rings is 2. The summed E-state index contributed by atoms with van der Waals surface area (Å²) in [6.45, 7) is 2.16. The average Bonchev–Trinajstić information content (AvgIpc) is 3.48. The van der Waals surface area contributed by atoms with Gasteiger partial charge in [-0.1, -0.05) is 0 Å². The number of anilines is 1. The monoisotopic (exact) mass is 482 g/mol. The number of nitrogens with zero attached hydrogens (tertiary/aromatic N) is 5. The Bertz CT molecular complexity index is 1330. The van der Waals surface area contributed by atoms with E-state index < -0.39 is 9.84 Å². The van der Waals surface area contributed by atoms with Gasteiger partial charge in [0.1, 0.15) is 17.3 Å². The predicted octanol–water partition coefficient (Wildman–Crippen LogP) is 3.25. The molecule has 1 aliphatic heterocycles. The molecular formula is C23H26N6O2S2. The second kappa shape index (κ2) is 9.20. The van der Waals surface area contributed by atoms with E-state index in [1.165, 1.54) is 5.56 Å². The van der Waals surface area contributed by atoms with Gasteiger partial charge in [0.05, 0.1) is 22.7 Å². The summed E-state index contributed by atoms with van der Waals surface area (Å²) in [7, 11) is -0.993. The van der Waals surface area contributed by atoms with E-state index in [2.05, 4.69) is 37.0 Å². The molecule has 8 nitrogen and oxygen atoms in total. The maximum atomic E-state index is 11.7. The largest absolute Gasteiger partial charge is 0.373 e. The van der Waals surface area contributed by atoms with Crippen LogP contribution >= 0.6 is 11.3 Å². The van der Waals surface area contributed by atoms with E-state index in [1.807, 2.05) is 42.3 Å². The first-order chi connectivity index (χ1) is 16.0. The Morgan fingerprint density at radius 2 is 1.97 bits per heavy atom. The summed E-state index contributed by atoms with van der Waals surface area (Å²) in [4.78, 5) is 16.1. The molecule has 5 heterocycles. The maximum Gasteiger partial charge on any atom is 0.152 e. The van der Waals surface area contributed by atoms with E-state index in [4.69, 9.17) is 4.98 Å².